The molecule has 156 valence electrons. The molecule has 2 amide bonds. The second kappa shape index (κ2) is 8.21. The zero-order valence-electron chi connectivity index (χ0n) is 17.4. The van der Waals surface area contributed by atoms with E-state index < -0.39 is 5.41 Å². The Morgan fingerprint density at radius 3 is 2.36 bits per heavy atom. The number of aliphatic hydroxyl groups excluding tert-OH is 1. The normalized spacial score (nSPS) is 24.1. The van der Waals surface area contributed by atoms with Crippen LogP contribution in [0.2, 0.25) is 0 Å². The minimum atomic E-state index is -0.405. The van der Waals surface area contributed by atoms with Crippen molar-refractivity contribution in [1.29, 1.82) is 0 Å². The van der Waals surface area contributed by atoms with Crippen LogP contribution in [0.5, 0.6) is 0 Å². The number of likely N-dealkylation sites (tertiary alicyclic amines) is 2. The molecule has 0 spiro atoms. The number of fused-ring (bicyclic) bond motifs is 1. The first-order valence-electron chi connectivity index (χ1n) is 10.0. The molecule has 0 aromatic carbocycles. The van der Waals surface area contributed by atoms with Crippen LogP contribution in [0.4, 0.5) is 0 Å². The SMILES string of the molecule is CCOCC(=O)N1C[C@H]2CN(C(=O)CCc3c(C)nn(C)c3C)C[C@@]2(CO)C1. The molecule has 28 heavy (non-hydrogen) atoms. The molecule has 1 aromatic heterocycles. The van der Waals surface area contributed by atoms with Crippen LogP contribution < -0.4 is 0 Å². The third kappa shape index (κ3) is 3.80. The smallest absolute Gasteiger partial charge is 0.248 e. The Labute approximate surface area is 166 Å². The molecule has 2 aliphatic rings. The van der Waals surface area contributed by atoms with E-state index in [-0.39, 0.29) is 30.9 Å². The zero-order valence-corrected chi connectivity index (χ0v) is 17.4. The highest BCUT2D eigenvalue weighted by molar-refractivity contribution is 5.79. The van der Waals surface area contributed by atoms with Gasteiger partial charge in [0.05, 0.1) is 12.3 Å². The molecule has 0 bridgehead atoms. The summed E-state index contributed by atoms with van der Waals surface area (Å²) in [5.41, 5.74) is 2.80. The Morgan fingerprint density at radius 2 is 1.86 bits per heavy atom. The van der Waals surface area contributed by atoms with Gasteiger partial charge in [0.1, 0.15) is 6.61 Å². The van der Waals surface area contributed by atoms with Crippen LogP contribution in [-0.4, -0.2) is 82.5 Å². The Kier molecular flexibility index (Phi) is 6.09. The molecule has 2 fully saturated rings. The molecule has 3 heterocycles. The number of ether oxygens (including phenoxy) is 1. The van der Waals surface area contributed by atoms with Gasteiger partial charge in [-0.05, 0) is 32.8 Å². The molecule has 8 nitrogen and oxygen atoms in total. The summed E-state index contributed by atoms with van der Waals surface area (Å²) in [5.74, 6) is 0.190. The van der Waals surface area contributed by atoms with Crippen molar-refractivity contribution < 1.29 is 19.4 Å². The number of carbonyl (C=O) groups is 2. The minimum absolute atomic E-state index is 0.0132. The number of aryl methyl sites for hydroxylation is 2. The topological polar surface area (TPSA) is 87.9 Å². The standard InChI is InChI=1S/C20H32N4O4/c1-5-28-10-19(27)24-9-16-8-23(11-20(16,12-24)13-25)18(26)7-6-17-14(2)21-22(4)15(17)3/h16,25H,5-13H2,1-4H3/t16-,20+/m1/s1. The predicted molar refractivity (Wildman–Crippen MR) is 104 cm³/mol. The van der Waals surface area contributed by atoms with E-state index in [9.17, 15) is 14.7 Å². The van der Waals surface area contributed by atoms with Gasteiger partial charge < -0.3 is 19.6 Å². The maximum Gasteiger partial charge on any atom is 0.248 e. The van der Waals surface area contributed by atoms with E-state index in [0.717, 1.165) is 17.0 Å². The molecule has 1 aromatic rings. The highest BCUT2D eigenvalue weighted by atomic mass is 16.5. The first kappa shape index (κ1) is 20.8. The van der Waals surface area contributed by atoms with Gasteiger partial charge in [-0.25, -0.2) is 0 Å². The summed E-state index contributed by atoms with van der Waals surface area (Å²) < 4.78 is 7.08. The number of amides is 2. The van der Waals surface area contributed by atoms with Crippen LogP contribution >= 0.6 is 0 Å². The predicted octanol–water partition coefficient (Wildman–Crippen LogP) is 0.285. The molecular weight excluding hydrogens is 360 g/mol. The first-order valence-corrected chi connectivity index (χ1v) is 10.0. The van der Waals surface area contributed by atoms with E-state index in [1.807, 2.05) is 37.4 Å². The molecule has 8 heteroatoms. The fourth-order valence-electron chi connectivity index (χ4n) is 4.63. The number of hydrogen-bond acceptors (Lipinski definition) is 5. The summed E-state index contributed by atoms with van der Waals surface area (Å²) in [4.78, 5) is 28.7. The second-order valence-corrected chi connectivity index (χ2v) is 8.18. The third-order valence-electron chi connectivity index (χ3n) is 6.46. The van der Waals surface area contributed by atoms with E-state index in [2.05, 4.69) is 5.10 Å². The van der Waals surface area contributed by atoms with E-state index in [1.54, 1.807) is 4.90 Å². The fraction of sp³-hybridized carbons (Fsp3) is 0.750. The van der Waals surface area contributed by atoms with Gasteiger partial charge in [-0.15, -0.1) is 0 Å². The van der Waals surface area contributed by atoms with Gasteiger partial charge in [-0.3, -0.25) is 14.3 Å². The van der Waals surface area contributed by atoms with Crippen LogP contribution in [0.1, 0.15) is 30.3 Å². The maximum atomic E-state index is 12.8. The van der Waals surface area contributed by atoms with Gasteiger partial charge in [0, 0.05) is 63.3 Å². The maximum absolute atomic E-state index is 12.8. The summed E-state index contributed by atoms with van der Waals surface area (Å²) in [6.45, 7) is 8.61. The second-order valence-electron chi connectivity index (χ2n) is 8.18. The molecule has 2 aliphatic heterocycles. The lowest BCUT2D eigenvalue weighted by molar-refractivity contribution is -0.136. The highest BCUT2D eigenvalue weighted by Crippen LogP contribution is 2.42. The molecule has 2 atom stereocenters. The minimum Gasteiger partial charge on any atom is -0.396 e. The molecule has 1 N–H and O–H groups in total. The van der Waals surface area contributed by atoms with Crippen molar-refractivity contribution in [1.82, 2.24) is 19.6 Å². The van der Waals surface area contributed by atoms with Gasteiger partial charge in [0.15, 0.2) is 0 Å². The summed E-state index contributed by atoms with van der Waals surface area (Å²) in [5, 5.41) is 14.5. The monoisotopic (exact) mass is 392 g/mol. The van der Waals surface area contributed by atoms with Gasteiger partial charge >= 0.3 is 0 Å². The quantitative estimate of drug-likeness (QED) is 0.720. The van der Waals surface area contributed by atoms with Gasteiger partial charge in [-0.2, -0.15) is 5.10 Å². The van der Waals surface area contributed by atoms with Crippen molar-refractivity contribution in [3.05, 3.63) is 17.0 Å². The zero-order chi connectivity index (χ0) is 20.5. The van der Waals surface area contributed by atoms with Crippen molar-refractivity contribution in [2.24, 2.45) is 18.4 Å². The van der Waals surface area contributed by atoms with E-state index in [1.165, 1.54) is 0 Å². The Hall–Kier alpha value is -1.93. The first-order chi connectivity index (χ1) is 13.3. The van der Waals surface area contributed by atoms with Crippen LogP contribution in [0.15, 0.2) is 0 Å². The van der Waals surface area contributed by atoms with Crippen molar-refractivity contribution in [2.45, 2.75) is 33.6 Å². The molecule has 0 aliphatic carbocycles. The Morgan fingerprint density at radius 1 is 1.21 bits per heavy atom. The van der Waals surface area contributed by atoms with Crippen molar-refractivity contribution in [2.75, 3.05) is 46.0 Å². The molecular formula is C20H32N4O4. The summed E-state index contributed by atoms with van der Waals surface area (Å²) in [6, 6.07) is 0. The van der Waals surface area contributed by atoms with Crippen molar-refractivity contribution >= 4 is 11.8 Å². The number of aliphatic hydroxyl groups is 1. The highest BCUT2D eigenvalue weighted by Gasteiger charge is 2.54. The van der Waals surface area contributed by atoms with Gasteiger partial charge in [-0.1, -0.05) is 0 Å². The number of rotatable bonds is 7. The molecule has 2 saturated heterocycles. The third-order valence-corrected chi connectivity index (χ3v) is 6.46. The Bertz CT molecular complexity index is 747. The molecule has 0 radical (unpaired) electrons. The van der Waals surface area contributed by atoms with Crippen molar-refractivity contribution in [3.63, 3.8) is 0 Å². The van der Waals surface area contributed by atoms with Gasteiger partial charge in [0.2, 0.25) is 11.8 Å². The number of carbonyl (C=O) groups excluding carboxylic acids is 2. The van der Waals surface area contributed by atoms with Crippen molar-refractivity contribution in [3.8, 4) is 0 Å². The average Bonchev–Trinajstić information content (AvgIpc) is 3.27. The largest absolute Gasteiger partial charge is 0.396 e. The Balaban J connectivity index is 1.58. The van der Waals surface area contributed by atoms with Crippen LogP contribution in [-0.2, 0) is 27.8 Å². The fourth-order valence-corrected chi connectivity index (χ4v) is 4.63. The van der Waals surface area contributed by atoms with Gasteiger partial charge in [0.25, 0.3) is 0 Å². The summed E-state index contributed by atoms with van der Waals surface area (Å²) >= 11 is 0. The number of nitrogens with zero attached hydrogens (tertiary/aromatic N) is 4. The molecule has 3 rings (SSSR count). The average molecular weight is 393 g/mol. The van der Waals surface area contributed by atoms with E-state index in [0.29, 0.717) is 45.6 Å². The van der Waals surface area contributed by atoms with Crippen LogP contribution in [0.3, 0.4) is 0 Å². The molecule has 0 unspecified atom stereocenters. The summed E-state index contributed by atoms with van der Waals surface area (Å²) in [7, 11) is 1.92. The molecule has 0 saturated carbocycles. The summed E-state index contributed by atoms with van der Waals surface area (Å²) in [6.07, 6.45) is 1.12. The lowest BCUT2D eigenvalue weighted by Crippen LogP contribution is -2.41. The van der Waals surface area contributed by atoms with E-state index in [4.69, 9.17) is 4.74 Å². The number of aromatic nitrogens is 2. The lowest BCUT2D eigenvalue weighted by Gasteiger charge is -2.27. The van der Waals surface area contributed by atoms with Crippen LogP contribution in [0.25, 0.3) is 0 Å². The number of hydrogen-bond donors (Lipinski definition) is 1. The lowest BCUT2D eigenvalue weighted by atomic mass is 9.82. The van der Waals surface area contributed by atoms with Crippen LogP contribution in [0, 0.1) is 25.2 Å². The van der Waals surface area contributed by atoms with E-state index >= 15 is 0 Å².